The van der Waals surface area contributed by atoms with Crippen LogP contribution in [0.1, 0.15) is 11.6 Å². The van der Waals surface area contributed by atoms with Gasteiger partial charge in [0.15, 0.2) is 12.6 Å². The zero-order valence-corrected chi connectivity index (χ0v) is 12.4. The van der Waals surface area contributed by atoms with E-state index in [-0.39, 0.29) is 12.5 Å². The lowest BCUT2D eigenvalue weighted by molar-refractivity contribution is -0.154. The molecule has 22 heavy (non-hydrogen) atoms. The number of carbonyl (C=O) groups is 2. The average Bonchev–Trinajstić information content (AvgIpc) is 3.04. The van der Waals surface area contributed by atoms with Crippen LogP contribution >= 0.6 is 0 Å². The quantitative estimate of drug-likeness (QED) is 0.702. The standard InChI is InChI=1S/C14H17N5O3/c1-18(2)13(20)9-22-14(21)12(19-10-15-16-17-19)8-11-6-4-3-5-7-11/h3-7,10,12H,8-9H2,1-2H3/t12-/m1/s1. The molecule has 0 saturated heterocycles. The summed E-state index contributed by atoms with van der Waals surface area (Å²) in [7, 11) is 3.19. The lowest BCUT2D eigenvalue weighted by Crippen LogP contribution is -2.31. The summed E-state index contributed by atoms with van der Waals surface area (Å²) in [4.78, 5) is 25.1. The maximum atomic E-state index is 12.3. The van der Waals surface area contributed by atoms with Gasteiger partial charge in [-0.3, -0.25) is 4.79 Å². The first kappa shape index (κ1) is 15.6. The van der Waals surface area contributed by atoms with Gasteiger partial charge in [-0.15, -0.1) is 5.10 Å². The van der Waals surface area contributed by atoms with Gasteiger partial charge in [0, 0.05) is 20.5 Å². The molecule has 8 nitrogen and oxygen atoms in total. The monoisotopic (exact) mass is 303 g/mol. The van der Waals surface area contributed by atoms with Crippen molar-refractivity contribution in [2.24, 2.45) is 0 Å². The highest BCUT2D eigenvalue weighted by atomic mass is 16.5. The van der Waals surface area contributed by atoms with E-state index in [1.165, 1.54) is 15.9 Å². The fourth-order valence-electron chi connectivity index (χ4n) is 1.79. The predicted octanol–water partition coefficient (Wildman–Crippen LogP) is 0.0883. The second-order valence-electron chi connectivity index (χ2n) is 4.89. The van der Waals surface area contributed by atoms with Crippen LogP contribution in [0.5, 0.6) is 0 Å². The van der Waals surface area contributed by atoms with Gasteiger partial charge in [-0.2, -0.15) is 0 Å². The lowest BCUT2D eigenvalue weighted by atomic mass is 10.1. The molecule has 2 aromatic rings. The Morgan fingerprint density at radius 1 is 1.27 bits per heavy atom. The van der Waals surface area contributed by atoms with Crippen molar-refractivity contribution in [3.8, 4) is 0 Å². The van der Waals surface area contributed by atoms with E-state index in [1.807, 2.05) is 30.3 Å². The second kappa shape index (κ2) is 7.30. The van der Waals surface area contributed by atoms with Gasteiger partial charge in [-0.05, 0) is 16.0 Å². The molecular formula is C14H17N5O3. The van der Waals surface area contributed by atoms with Crippen molar-refractivity contribution in [2.45, 2.75) is 12.5 Å². The Balaban J connectivity index is 2.08. The number of carbonyl (C=O) groups excluding carboxylic acids is 2. The molecule has 0 aliphatic rings. The molecule has 0 aliphatic carbocycles. The Bertz CT molecular complexity index is 613. The van der Waals surface area contributed by atoms with E-state index in [2.05, 4.69) is 15.5 Å². The Hall–Kier alpha value is -2.77. The number of tetrazole rings is 1. The molecular weight excluding hydrogens is 286 g/mol. The minimum Gasteiger partial charge on any atom is -0.454 e. The van der Waals surface area contributed by atoms with Crippen molar-refractivity contribution in [2.75, 3.05) is 20.7 Å². The fourth-order valence-corrected chi connectivity index (χ4v) is 1.79. The number of benzene rings is 1. The van der Waals surface area contributed by atoms with Gasteiger partial charge >= 0.3 is 5.97 Å². The first-order chi connectivity index (χ1) is 10.6. The summed E-state index contributed by atoms with van der Waals surface area (Å²) in [6.07, 6.45) is 1.73. The van der Waals surface area contributed by atoms with E-state index in [9.17, 15) is 9.59 Å². The van der Waals surface area contributed by atoms with E-state index in [1.54, 1.807) is 14.1 Å². The summed E-state index contributed by atoms with van der Waals surface area (Å²) in [5.74, 6) is -0.838. The van der Waals surface area contributed by atoms with Crippen molar-refractivity contribution in [3.63, 3.8) is 0 Å². The van der Waals surface area contributed by atoms with Crippen LogP contribution in [0.3, 0.4) is 0 Å². The van der Waals surface area contributed by atoms with Gasteiger partial charge in [0.05, 0.1) is 0 Å². The molecule has 0 radical (unpaired) electrons. The van der Waals surface area contributed by atoms with Gasteiger partial charge in [0.1, 0.15) is 6.33 Å². The molecule has 1 aromatic heterocycles. The van der Waals surface area contributed by atoms with Crippen molar-refractivity contribution in [3.05, 3.63) is 42.2 Å². The lowest BCUT2D eigenvalue weighted by Gasteiger charge is -2.16. The molecule has 1 amide bonds. The SMILES string of the molecule is CN(C)C(=O)COC(=O)[C@@H](Cc1ccccc1)n1cnnn1. The van der Waals surface area contributed by atoms with Crippen LogP contribution in [0, 0.1) is 0 Å². The molecule has 1 atom stereocenters. The summed E-state index contributed by atoms with van der Waals surface area (Å²) in [6, 6.07) is 8.74. The highest BCUT2D eigenvalue weighted by Gasteiger charge is 2.24. The molecule has 116 valence electrons. The van der Waals surface area contributed by atoms with Crippen LogP contribution in [0.4, 0.5) is 0 Å². The summed E-state index contributed by atoms with van der Waals surface area (Å²) in [5.41, 5.74) is 0.943. The number of esters is 1. The maximum Gasteiger partial charge on any atom is 0.331 e. The number of aromatic nitrogens is 4. The number of hydrogen-bond donors (Lipinski definition) is 0. The van der Waals surface area contributed by atoms with E-state index in [0.29, 0.717) is 6.42 Å². The zero-order chi connectivity index (χ0) is 15.9. The van der Waals surface area contributed by atoms with E-state index >= 15 is 0 Å². The normalized spacial score (nSPS) is 11.7. The van der Waals surface area contributed by atoms with Crippen LogP contribution in [0.15, 0.2) is 36.7 Å². The largest absolute Gasteiger partial charge is 0.454 e. The summed E-state index contributed by atoms with van der Waals surface area (Å²) in [6.45, 7) is -0.306. The van der Waals surface area contributed by atoms with Crippen LogP contribution in [0.2, 0.25) is 0 Å². The molecule has 0 saturated carbocycles. The number of nitrogens with zero attached hydrogens (tertiary/aromatic N) is 5. The molecule has 0 bridgehead atoms. The van der Waals surface area contributed by atoms with E-state index in [0.717, 1.165) is 5.56 Å². The van der Waals surface area contributed by atoms with Crippen LogP contribution in [0.25, 0.3) is 0 Å². The molecule has 8 heteroatoms. The molecule has 1 heterocycles. The van der Waals surface area contributed by atoms with E-state index in [4.69, 9.17) is 4.74 Å². The Kier molecular flexibility index (Phi) is 5.18. The van der Waals surface area contributed by atoms with Gasteiger partial charge in [-0.25, -0.2) is 9.48 Å². The molecule has 0 fully saturated rings. The van der Waals surface area contributed by atoms with Crippen LogP contribution in [-0.2, 0) is 20.7 Å². The van der Waals surface area contributed by atoms with Gasteiger partial charge in [0.25, 0.3) is 5.91 Å². The highest BCUT2D eigenvalue weighted by molar-refractivity contribution is 5.81. The second-order valence-corrected chi connectivity index (χ2v) is 4.89. The first-order valence-corrected chi connectivity index (χ1v) is 6.71. The maximum absolute atomic E-state index is 12.3. The van der Waals surface area contributed by atoms with Crippen LogP contribution in [-0.4, -0.2) is 57.7 Å². The number of likely N-dealkylation sites (N-methyl/N-ethyl adjacent to an activating group) is 1. The molecule has 0 spiro atoms. The summed E-state index contributed by atoms with van der Waals surface area (Å²) >= 11 is 0. The molecule has 2 rings (SSSR count). The molecule has 0 unspecified atom stereocenters. The van der Waals surface area contributed by atoms with Crippen LogP contribution < -0.4 is 0 Å². The predicted molar refractivity (Wildman–Crippen MR) is 76.7 cm³/mol. The highest BCUT2D eigenvalue weighted by Crippen LogP contribution is 2.14. The summed E-state index contributed by atoms with van der Waals surface area (Å²) < 4.78 is 6.41. The third-order valence-electron chi connectivity index (χ3n) is 3.06. The minimum atomic E-state index is -0.715. The summed E-state index contributed by atoms with van der Waals surface area (Å²) in [5, 5.41) is 10.8. The number of amides is 1. The third-order valence-corrected chi connectivity index (χ3v) is 3.06. The van der Waals surface area contributed by atoms with Gasteiger partial charge in [-0.1, -0.05) is 30.3 Å². The number of hydrogen-bond acceptors (Lipinski definition) is 6. The molecule has 0 aliphatic heterocycles. The Morgan fingerprint density at radius 2 is 2.00 bits per heavy atom. The third kappa shape index (κ3) is 4.11. The van der Waals surface area contributed by atoms with Crippen molar-refractivity contribution < 1.29 is 14.3 Å². The average molecular weight is 303 g/mol. The van der Waals surface area contributed by atoms with Gasteiger partial charge < -0.3 is 9.64 Å². The minimum absolute atomic E-state index is 0.288. The Morgan fingerprint density at radius 3 is 2.59 bits per heavy atom. The van der Waals surface area contributed by atoms with Crippen molar-refractivity contribution >= 4 is 11.9 Å². The Labute approximate surface area is 127 Å². The van der Waals surface area contributed by atoms with Crippen molar-refractivity contribution in [1.82, 2.24) is 25.1 Å². The zero-order valence-electron chi connectivity index (χ0n) is 12.4. The first-order valence-electron chi connectivity index (χ1n) is 6.71. The van der Waals surface area contributed by atoms with Gasteiger partial charge in [0.2, 0.25) is 0 Å². The fraction of sp³-hybridized carbons (Fsp3) is 0.357. The number of rotatable bonds is 6. The smallest absolute Gasteiger partial charge is 0.331 e. The topological polar surface area (TPSA) is 90.2 Å². The van der Waals surface area contributed by atoms with Crippen molar-refractivity contribution in [1.29, 1.82) is 0 Å². The van der Waals surface area contributed by atoms with E-state index < -0.39 is 12.0 Å². The molecule has 1 aromatic carbocycles. The molecule has 0 N–H and O–H groups in total. The number of ether oxygens (including phenoxy) is 1.